The maximum Gasteiger partial charge on any atom is 0.233 e. The minimum atomic E-state index is -0.0985. The van der Waals surface area contributed by atoms with Gasteiger partial charge >= 0.3 is 0 Å². The first-order chi connectivity index (χ1) is 13.6. The summed E-state index contributed by atoms with van der Waals surface area (Å²) in [7, 11) is 0. The van der Waals surface area contributed by atoms with E-state index in [1.807, 2.05) is 6.07 Å². The maximum atomic E-state index is 12.9. The van der Waals surface area contributed by atoms with Gasteiger partial charge in [0, 0.05) is 13.0 Å². The maximum absolute atomic E-state index is 12.9. The summed E-state index contributed by atoms with van der Waals surface area (Å²) in [6.07, 6.45) is 9.98. The molecule has 6 unspecified atom stereocenters. The van der Waals surface area contributed by atoms with Gasteiger partial charge in [0.25, 0.3) is 0 Å². The van der Waals surface area contributed by atoms with Gasteiger partial charge in [0.2, 0.25) is 17.7 Å². The molecule has 0 spiro atoms. The molecule has 3 fully saturated rings. The van der Waals surface area contributed by atoms with Gasteiger partial charge in [0.15, 0.2) is 0 Å². The number of nitrogens with zero attached hydrogens (tertiary/aromatic N) is 1. The third-order valence-corrected chi connectivity index (χ3v) is 7.08. The highest BCUT2D eigenvalue weighted by molar-refractivity contribution is 6.06. The molecular weight excluding hydrogens is 356 g/mol. The minimum Gasteiger partial charge on any atom is -0.467 e. The van der Waals surface area contributed by atoms with Gasteiger partial charge in [-0.1, -0.05) is 18.6 Å². The molecule has 6 nitrogen and oxygen atoms in total. The summed E-state index contributed by atoms with van der Waals surface area (Å²) >= 11 is 0. The molecule has 6 atom stereocenters. The van der Waals surface area contributed by atoms with Gasteiger partial charge in [-0.25, -0.2) is 0 Å². The highest BCUT2D eigenvalue weighted by atomic mass is 16.3. The lowest BCUT2D eigenvalue weighted by Gasteiger charge is -2.37. The van der Waals surface area contributed by atoms with Gasteiger partial charge in [-0.3, -0.25) is 19.3 Å². The van der Waals surface area contributed by atoms with E-state index in [9.17, 15) is 14.4 Å². The van der Waals surface area contributed by atoms with Crippen molar-refractivity contribution >= 4 is 17.7 Å². The van der Waals surface area contributed by atoms with Crippen molar-refractivity contribution in [3.63, 3.8) is 0 Å². The van der Waals surface area contributed by atoms with Crippen LogP contribution in [-0.2, 0) is 20.9 Å². The average molecular weight is 382 g/mol. The van der Waals surface area contributed by atoms with Crippen LogP contribution < -0.4 is 5.32 Å². The molecule has 1 aromatic heterocycles. The van der Waals surface area contributed by atoms with Gasteiger partial charge in [-0.2, -0.15) is 0 Å². The predicted molar refractivity (Wildman–Crippen MR) is 100 cm³/mol. The van der Waals surface area contributed by atoms with Gasteiger partial charge in [-0.05, 0) is 55.1 Å². The van der Waals surface area contributed by atoms with Crippen LogP contribution in [0.1, 0.15) is 37.9 Å². The second kappa shape index (κ2) is 6.90. The Morgan fingerprint density at radius 2 is 1.79 bits per heavy atom. The highest BCUT2D eigenvalue weighted by Crippen LogP contribution is 2.65. The molecule has 2 heterocycles. The molecule has 0 aromatic carbocycles. The summed E-state index contributed by atoms with van der Waals surface area (Å²) in [6, 6.07) is 3.62. The quantitative estimate of drug-likeness (QED) is 0.426. The summed E-state index contributed by atoms with van der Waals surface area (Å²) in [5, 5.41) is 2.83. The van der Waals surface area contributed by atoms with Crippen molar-refractivity contribution in [1.29, 1.82) is 0 Å². The van der Waals surface area contributed by atoms with Crippen LogP contribution in [-0.4, -0.2) is 29.2 Å². The van der Waals surface area contributed by atoms with E-state index in [1.165, 1.54) is 11.3 Å². The van der Waals surface area contributed by atoms with Crippen LogP contribution in [0.15, 0.2) is 35.0 Å². The van der Waals surface area contributed by atoms with E-state index < -0.39 is 0 Å². The van der Waals surface area contributed by atoms with Crippen LogP contribution >= 0.6 is 0 Å². The lowest BCUT2D eigenvalue weighted by Crippen LogP contribution is -2.40. The number of carbonyl (C=O) groups is 3. The predicted octanol–water partition coefficient (Wildman–Crippen LogP) is 2.51. The number of amides is 3. The Hall–Kier alpha value is -2.37. The molecule has 0 radical (unpaired) electrons. The minimum absolute atomic E-state index is 0.00220. The Morgan fingerprint density at radius 1 is 1.07 bits per heavy atom. The van der Waals surface area contributed by atoms with Gasteiger partial charge in [-0.15, -0.1) is 0 Å². The average Bonchev–Trinajstić information content (AvgIpc) is 3.30. The van der Waals surface area contributed by atoms with Crippen molar-refractivity contribution in [2.75, 3.05) is 6.54 Å². The summed E-state index contributed by atoms with van der Waals surface area (Å²) in [4.78, 5) is 39.1. The molecule has 28 heavy (non-hydrogen) atoms. The van der Waals surface area contributed by atoms with Gasteiger partial charge in [0.05, 0.1) is 24.6 Å². The van der Waals surface area contributed by atoms with Crippen molar-refractivity contribution in [2.45, 2.75) is 38.6 Å². The number of imide groups is 1. The van der Waals surface area contributed by atoms with E-state index in [4.69, 9.17) is 4.42 Å². The van der Waals surface area contributed by atoms with E-state index in [1.54, 1.807) is 12.3 Å². The second-order valence-corrected chi connectivity index (χ2v) is 8.65. The number of hydrogen-bond acceptors (Lipinski definition) is 4. The first-order valence-corrected chi connectivity index (χ1v) is 10.5. The van der Waals surface area contributed by atoms with Crippen LogP contribution in [0.2, 0.25) is 0 Å². The summed E-state index contributed by atoms with van der Waals surface area (Å²) in [5.74, 6) is 2.52. The van der Waals surface area contributed by atoms with E-state index in [2.05, 4.69) is 17.5 Å². The molecule has 1 aliphatic heterocycles. The van der Waals surface area contributed by atoms with E-state index in [0.29, 0.717) is 43.2 Å². The van der Waals surface area contributed by atoms with Crippen LogP contribution in [0.25, 0.3) is 0 Å². The fraction of sp³-hybridized carbons (Fsp3) is 0.591. The first kappa shape index (κ1) is 17.7. The topological polar surface area (TPSA) is 79.6 Å². The lowest BCUT2D eigenvalue weighted by atomic mass is 9.63. The van der Waals surface area contributed by atoms with Crippen molar-refractivity contribution in [1.82, 2.24) is 10.2 Å². The first-order valence-electron chi connectivity index (χ1n) is 10.5. The number of unbranched alkanes of at least 4 members (excludes halogenated alkanes) is 2. The van der Waals surface area contributed by atoms with E-state index in [-0.39, 0.29) is 29.6 Å². The number of nitrogens with one attached hydrogen (secondary N) is 1. The number of furan rings is 1. The monoisotopic (exact) mass is 382 g/mol. The SMILES string of the molecule is O=C(CCCCCN1C(=O)C2C3C=CC(C4CC34)C2C1=O)NCc1ccco1. The smallest absolute Gasteiger partial charge is 0.233 e. The zero-order valence-corrected chi connectivity index (χ0v) is 15.9. The van der Waals surface area contributed by atoms with Gasteiger partial charge < -0.3 is 9.73 Å². The molecule has 6 heteroatoms. The van der Waals surface area contributed by atoms with E-state index in [0.717, 1.165) is 25.0 Å². The summed E-state index contributed by atoms with van der Waals surface area (Å²) < 4.78 is 5.18. The van der Waals surface area contributed by atoms with Crippen LogP contribution in [0.4, 0.5) is 0 Å². The fourth-order valence-corrected chi connectivity index (χ4v) is 5.66. The molecule has 5 aliphatic rings. The van der Waals surface area contributed by atoms with E-state index >= 15 is 0 Å². The summed E-state index contributed by atoms with van der Waals surface area (Å²) in [6.45, 7) is 0.900. The molecule has 148 valence electrons. The second-order valence-electron chi connectivity index (χ2n) is 8.65. The number of rotatable bonds is 8. The third kappa shape index (κ3) is 2.90. The number of allylic oxidation sites excluding steroid dienone is 2. The number of carbonyl (C=O) groups excluding carboxylic acids is 3. The van der Waals surface area contributed by atoms with Crippen molar-refractivity contribution in [3.8, 4) is 0 Å². The molecule has 1 saturated heterocycles. The molecular formula is C22H26N2O4. The fourth-order valence-electron chi connectivity index (χ4n) is 5.66. The molecule has 2 saturated carbocycles. The molecule has 1 aromatic rings. The molecule has 3 amide bonds. The highest BCUT2D eigenvalue weighted by Gasteiger charge is 2.66. The number of hydrogen-bond donors (Lipinski definition) is 1. The summed E-state index contributed by atoms with van der Waals surface area (Å²) in [5.41, 5.74) is 0. The Morgan fingerprint density at radius 3 is 2.43 bits per heavy atom. The van der Waals surface area contributed by atoms with Crippen molar-refractivity contribution in [2.24, 2.45) is 35.5 Å². The third-order valence-electron chi connectivity index (χ3n) is 7.08. The van der Waals surface area contributed by atoms with Crippen molar-refractivity contribution in [3.05, 3.63) is 36.3 Å². The van der Waals surface area contributed by atoms with Crippen molar-refractivity contribution < 1.29 is 18.8 Å². The Bertz CT molecular complexity index is 779. The molecule has 1 N–H and O–H groups in total. The lowest BCUT2D eigenvalue weighted by molar-refractivity contribution is -0.140. The van der Waals surface area contributed by atoms with Crippen LogP contribution in [0.5, 0.6) is 0 Å². The number of likely N-dealkylation sites (tertiary alicyclic amines) is 1. The Labute approximate surface area is 164 Å². The molecule has 6 rings (SSSR count). The van der Waals surface area contributed by atoms with Gasteiger partial charge in [0.1, 0.15) is 5.76 Å². The Balaban J connectivity index is 1.05. The van der Waals surface area contributed by atoms with Crippen LogP contribution in [0, 0.1) is 35.5 Å². The Kier molecular flexibility index (Phi) is 4.37. The largest absolute Gasteiger partial charge is 0.467 e. The zero-order chi connectivity index (χ0) is 19.3. The molecule has 2 bridgehead atoms. The normalized spacial score (nSPS) is 34.5. The molecule has 4 aliphatic carbocycles. The zero-order valence-electron chi connectivity index (χ0n) is 15.9. The standard InChI is InChI=1S/C22H26N2O4/c25-18(23-12-13-5-4-10-28-13)6-2-1-3-9-24-21(26)19-14-7-8-15(17-11-16(14)17)20(19)22(24)27/h4-5,7-8,10,14-17,19-20H,1-3,6,9,11-12H2,(H,23,25). The van der Waals surface area contributed by atoms with Crippen LogP contribution in [0.3, 0.4) is 0 Å².